The number of aliphatic carboxylic acids is 1. The van der Waals surface area contributed by atoms with E-state index in [-0.39, 0.29) is 25.7 Å². The largest absolute Gasteiger partial charge is 0.493 e. The van der Waals surface area contributed by atoms with Crippen molar-refractivity contribution in [2.45, 2.75) is 20.3 Å². The van der Waals surface area contributed by atoms with Gasteiger partial charge in [-0.1, -0.05) is 19.9 Å². The van der Waals surface area contributed by atoms with Crippen LogP contribution in [0.15, 0.2) is 24.3 Å². The summed E-state index contributed by atoms with van der Waals surface area (Å²) in [5.74, 6) is 0.469. The second-order valence-electron chi connectivity index (χ2n) is 7.05. The molecule has 0 aliphatic carbocycles. The van der Waals surface area contributed by atoms with Gasteiger partial charge in [0.1, 0.15) is 16.9 Å². The number of carbonyl (C=O) groups excluding carboxylic acids is 1. The summed E-state index contributed by atoms with van der Waals surface area (Å²) >= 11 is 0. The van der Waals surface area contributed by atoms with Gasteiger partial charge in [-0.05, 0) is 24.5 Å². The van der Waals surface area contributed by atoms with E-state index in [4.69, 9.17) is 14.2 Å². The van der Waals surface area contributed by atoms with Crippen LogP contribution in [0.1, 0.15) is 20.3 Å². The molecule has 1 amide bonds. The quantitative estimate of drug-likeness (QED) is 0.721. The first-order chi connectivity index (χ1) is 12.4. The van der Waals surface area contributed by atoms with Crippen LogP contribution < -0.4 is 9.47 Å². The first-order valence-electron chi connectivity index (χ1n) is 8.72. The number of hydrogen-bond donors (Lipinski definition) is 1. The summed E-state index contributed by atoms with van der Waals surface area (Å²) in [6.07, 6.45) is 0.375. The highest BCUT2D eigenvalue weighted by atomic mass is 16.5. The Kier molecular flexibility index (Phi) is 6.85. The van der Waals surface area contributed by atoms with Crippen LogP contribution in [0.25, 0.3) is 0 Å². The predicted octanol–water partition coefficient (Wildman–Crippen LogP) is 2.05. The Balaban J connectivity index is 1.89. The normalized spacial score (nSPS) is 19.6. The minimum absolute atomic E-state index is 0.0855. The fraction of sp³-hybridized carbons (Fsp3) is 0.579. The Morgan fingerprint density at radius 2 is 1.96 bits per heavy atom. The topological polar surface area (TPSA) is 85.3 Å². The van der Waals surface area contributed by atoms with Crippen LogP contribution >= 0.6 is 0 Å². The van der Waals surface area contributed by atoms with Gasteiger partial charge >= 0.3 is 5.97 Å². The summed E-state index contributed by atoms with van der Waals surface area (Å²) in [7, 11) is 1.46. The molecule has 1 saturated heterocycles. The summed E-state index contributed by atoms with van der Waals surface area (Å²) in [4.78, 5) is 25.4. The maximum Gasteiger partial charge on any atom is 0.313 e. The van der Waals surface area contributed by atoms with Crippen LogP contribution in [-0.2, 0) is 14.3 Å². The van der Waals surface area contributed by atoms with Crippen molar-refractivity contribution in [1.82, 2.24) is 4.90 Å². The number of hydrogen-bond acceptors (Lipinski definition) is 5. The van der Waals surface area contributed by atoms with Crippen molar-refractivity contribution in [3.8, 4) is 11.5 Å². The first kappa shape index (κ1) is 20.0. The molecule has 7 heteroatoms. The summed E-state index contributed by atoms with van der Waals surface area (Å²) in [6.45, 7) is 5.20. The predicted molar refractivity (Wildman–Crippen MR) is 95.4 cm³/mol. The van der Waals surface area contributed by atoms with Crippen molar-refractivity contribution in [1.29, 1.82) is 0 Å². The highest BCUT2D eigenvalue weighted by Gasteiger charge is 2.46. The number of nitrogens with zero attached hydrogens (tertiary/aromatic N) is 1. The lowest BCUT2D eigenvalue weighted by atomic mass is 9.88. The number of benzene rings is 1. The van der Waals surface area contributed by atoms with E-state index in [1.165, 1.54) is 12.0 Å². The third kappa shape index (κ3) is 5.11. The average molecular weight is 365 g/mol. The van der Waals surface area contributed by atoms with Gasteiger partial charge in [-0.2, -0.15) is 0 Å². The molecule has 144 valence electrons. The maximum atomic E-state index is 12.4. The molecule has 1 aliphatic rings. The van der Waals surface area contributed by atoms with E-state index in [0.29, 0.717) is 37.0 Å². The summed E-state index contributed by atoms with van der Waals surface area (Å²) in [6, 6.07) is 7.14. The summed E-state index contributed by atoms with van der Waals surface area (Å²) in [5, 5.41) is 9.46. The molecule has 0 radical (unpaired) electrons. The Morgan fingerprint density at radius 1 is 1.27 bits per heavy atom. The molecule has 1 aliphatic heterocycles. The number of carbonyl (C=O) groups is 2. The molecule has 2 rings (SSSR count). The van der Waals surface area contributed by atoms with Crippen molar-refractivity contribution in [2.75, 3.05) is 40.0 Å². The number of carboxylic acids is 1. The van der Waals surface area contributed by atoms with Gasteiger partial charge < -0.3 is 24.2 Å². The van der Waals surface area contributed by atoms with Crippen LogP contribution in [0, 0.1) is 11.3 Å². The summed E-state index contributed by atoms with van der Waals surface area (Å²) in [5.41, 5.74) is -1.03. The van der Waals surface area contributed by atoms with E-state index in [0.717, 1.165) is 0 Å². The minimum Gasteiger partial charge on any atom is -0.493 e. The van der Waals surface area contributed by atoms with Crippen molar-refractivity contribution in [3.63, 3.8) is 0 Å². The third-order valence-corrected chi connectivity index (χ3v) is 4.33. The molecule has 1 heterocycles. The van der Waals surface area contributed by atoms with Crippen LogP contribution in [0.3, 0.4) is 0 Å². The Hall–Kier alpha value is -2.28. The maximum absolute atomic E-state index is 12.4. The van der Waals surface area contributed by atoms with Gasteiger partial charge in [0.05, 0.1) is 13.2 Å². The van der Waals surface area contributed by atoms with E-state index in [2.05, 4.69) is 13.8 Å². The number of carboxylic acid groups (broad SMARTS) is 1. The zero-order valence-corrected chi connectivity index (χ0v) is 15.6. The molecule has 7 nitrogen and oxygen atoms in total. The summed E-state index contributed by atoms with van der Waals surface area (Å²) < 4.78 is 16.2. The smallest absolute Gasteiger partial charge is 0.313 e. The van der Waals surface area contributed by atoms with Gasteiger partial charge in [0, 0.05) is 26.3 Å². The van der Waals surface area contributed by atoms with Crippen LogP contribution in [0.5, 0.6) is 11.5 Å². The molecule has 0 aromatic heterocycles. The standard InChI is InChI=1S/C19H27NO6/c1-14(2)10-25-15-5-4-6-16(9-15)26-11-17(21)20-8-7-19(12-20,13-24-3)18(22)23/h4-6,9,14H,7-8,10-13H2,1-3H3,(H,22,23). The molecule has 1 atom stereocenters. The molecule has 0 bridgehead atoms. The fourth-order valence-electron chi connectivity index (χ4n) is 2.87. The van der Waals surface area contributed by atoms with Crippen molar-refractivity contribution < 1.29 is 28.9 Å². The van der Waals surface area contributed by atoms with Gasteiger partial charge in [0.15, 0.2) is 6.61 Å². The molecular formula is C19H27NO6. The molecule has 0 spiro atoms. The monoisotopic (exact) mass is 365 g/mol. The van der Waals surface area contributed by atoms with Crippen LogP contribution in [-0.4, -0.2) is 61.9 Å². The SMILES string of the molecule is COCC1(C(=O)O)CCN(C(=O)COc2cccc(OCC(C)C)c2)C1. The number of rotatable bonds is 9. The van der Waals surface area contributed by atoms with E-state index in [1.54, 1.807) is 18.2 Å². The first-order valence-corrected chi connectivity index (χ1v) is 8.72. The van der Waals surface area contributed by atoms with Gasteiger partial charge in [0.2, 0.25) is 0 Å². The number of methoxy groups -OCH3 is 1. The number of amides is 1. The zero-order chi connectivity index (χ0) is 19.2. The lowest BCUT2D eigenvalue weighted by molar-refractivity contribution is -0.151. The zero-order valence-electron chi connectivity index (χ0n) is 15.6. The van der Waals surface area contributed by atoms with Crippen molar-refractivity contribution in [3.05, 3.63) is 24.3 Å². The Bertz CT molecular complexity index is 632. The molecule has 1 N–H and O–H groups in total. The molecule has 26 heavy (non-hydrogen) atoms. The Labute approximate surface area is 153 Å². The minimum atomic E-state index is -1.03. The van der Waals surface area contributed by atoms with E-state index < -0.39 is 11.4 Å². The fourth-order valence-corrected chi connectivity index (χ4v) is 2.87. The Morgan fingerprint density at radius 3 is 2.58 bits per heavy atom. The molecule has 1 fully saturated rings. The molecule has 1 aromatic rings. The second-order valence-corrected chi connectivity index (χ2v) is 7.05. The van der Waals surface area contributed by atoms with Gasteiger partial charge in [-0.3, -0.25) is 9.59 Å². The van der Waals surface area contributed by atoms with Gasteiger partial charge in [-0.15, -0.1) is 0 Å². The molecule has 1 aromatic carbocycles. The molecule has 0 saturated carbocycles. The van der Waals surface area contributed by atoms with Gasteiger partial charge in [-0.25, -0.2) is 0 Å². The van der Waals surface area contributed by atoms with E-state index in [1.807, 2.05) is 6.07 Å². The van der Waals surface area contributed by atoms with Crippen LogP contribution in [0.4, 0.5) is 0 Å². The third-order valence-electron chi connectivity index (χ3n) is 4.33. The van der Waals surface area contributed by atoms with Crippen molar-refractivity contribution in [2.24, 2.45) is 11.3 Å². The number of likely N-dealkylation sites (tertiary alicyclic amines) is 1. The lowest BCUT2D eigenvalue weighted by Gasteiger charge is -2.23. The molecular weight excluding hydrogens is 338 g/mol. The lowest BCUT2D eigenvalue weighted by Crippen LogP contribution is -2.41. The van der Waals surface area contributed by atoms with Crippen LogP contribution in [0.2, 0.25) is 0 Å². The van der Waals surface area contributed by atoms with E-state index in [9.17, 15) is 14.7 Å². The molecule has 1 unspecified atom stereocenters. The van der Waals surface area contributed by atoms with E-state index >= 15 is 0 Å². The highest BCUT2D eigenvalue weighted by molar-refractivity contribution is 5.81. The highest BCUT2D eigenvalue weighted by Crippen LogP contribution is 2.31. The van der Waals surface area contributed by atoms with Crippen molar-refractivity contribution >= 4 is 11.9 Å². The average Bonchev–Trinajstić information content (AvgIpc) is 3.04. The second kappa shape index (κ2) is 8.89. The van der Waals surface area contributed by atoms with Gasteiger partial charge in [0.25, 0.3) is 5.91 Å². The number of ether oxygens (including phenoxy) is 3.